The summed E-state index contributed by atoms with van der Waals surface area (Å²) in [6.07, 6.45) is -0.680. The van der Waals surface area contributed by atoms with Crippen LogP contribution in [0.15, 0.2) is 94.7 Å². The Morgan fingerprint density at radius 2 is 0.935 bits per heavy atom. The third-order valence-corrected chi connectivity index (χ3v) is 10.3. The normalized spacial score (nSPS) is 11.5. The number of sulfone groups is 2. The van der Waals surface area contributed by atoms with Gasteiger partial charge in [0.1, 0.15) is 23.1 Å². The van der Waals surface area contributed by atoms with Crippen molar-refractivity contribution >= 4 is 42.9 Å². The van der Waals surface area contributed by atoms with Crippen molar-refractivity contribution in [1.82, 2.24) is 0 Å². The average Bonchev–Trinajstić information content (AvgIpc) is 3.04. The number of anilines is 2. The largest absolute Gasteiger partial charge is 0.495 e. The van der Waals surface area contributed by atoms with Gasteiger partial charge in [-0.2, -0.15) is 0 Å². The highest BCUT2D eigenvalue weighted by Crippen LogP contribution is 2.35. The molecule has 0 heterocycles. The maximum absolute atomic E-state index is 13.1. The number of methoxy groups -OCH3 is 2. The molecule has 4 rings (SSSR count). The van der Waals surface area contributed by atoms with E-state index in [1.54, 1.807) is 36.4 Å². The molecule has 242 valence electrons. The van der Waals surface area contributed by atoms with Crippen LogP contribution in [0.2, 0.25) is 0 Å². The van der Waals surface area contributed by atoms with E-state index in [2.05, 4.69) is 10.6 Å². The number of amides is 2. The zero-order valence-electron chi connectivity index (χ0n) is 24.7. The van der Waals surface area contributed by atoms with Gasteiger partial charge in [-0.05, 0) is 83.9 Å². The molecule has 0 saturated carbocycles. The Kier molecular flexibility index (Phi) is 10.7. The lowest BCUT2D eigenvalue weighted by atomic mass is 10.0. The standard InChI is InChI=1S/C32H30F2N2O8S2/c1-43-29-19-21(3-13-27(29)35-31(37)15-17-45(39,40)25-9-5-23(33)6-10-25)22-4-14-28(30(20-22)44-2)36-32(38)16-18-46(41,42)26-11-7-24(34)8-12-26/h3-14,19-20H,15-18H2,1-2H3,(H,35,37)(H,36,38). The lowest BCUT2D eigenvalue weighted by molar-refractivity contribution is -0.116. The lowest BCUT2D eigenvalue weighted by Gasteiger charge is -2.15. The van der Waals surface area contributed by atoms with E-state index < -0.39 is 54.6 Å². The van der Waals surface area contributed by atoms with Gasteiger partial charge in [0, 0.05) is 12.8 Å². The zero-order valence-corrected chi connectivity index (χ0v) is 26.4. The molecular formula is C32H30F2N2O8S2. The summed E-state index contributed by atoms with van der Waals surface area (Å²) in [4.78, 5) is 25.0. The monoisotopic (exact) mass is 672 g/mol. The number of nitrogens with one attached hydrogen (secondary N) is 2. The van der Waals surface area contributed by atoms with Crippen LogP contribution in [0.3, 0.4) is 0 Å². The van der Waals surface area contributed by atoms with Gasteiger partial charge in [-0.1, -0.05) is 12.1 Å². The van der Waals surface area contributed by atoms with Gasteiger partial charge in [-0.15, -0.1) is 0 Å². The van der Waals surface area contributed by atoms with Crippen molar-refractivity contribution in [2.45, 2.75) is 22.6 Å². The second kappa shape index (κ2) is 14.5. The first-order valence-electron chi connectivity index (χ1n) is 13.7. The van der Waals surface area contributed by atoms with Crippen molar-refractivity contribution in [3.8, 4) is 22.6 Å². The summed E-state index contributed by atoms with van der Waals surface area (Å²) in [5.74, 6) is -2.63. The quantitative estimate of drug-likeness (QED) is 0.183. The molecule has 0 unspecified atom stereocenters. The Balaban J connectivity index is 1.40. The van der Waals surface area contributed by atoms with Crippen molar-refractivity contribution in [1.29, 1.82) is 0 Å². The molecule has 4 aromatic carbocycles. The number of hydrogen-bond donors (Lipinski definition) is 2. The van der Waals surface area contributed by atoms with E-state index in [-0.39, 0.29) is 22.6 Å². The Bertz CT molecular complexity index is 1810. The fourth-order valence-electron chi connectivity index (χ4n) is 4.35. The number of ether oxygens (including phenoxy) is 2. The van der Waals surface area contributed by atoms with Crippen LogP contribution in [0, 0.1) is 11.6 Å². The molecule has 0 aromatic heterocycles. The van der Waals surface area contributed by atoms with Crippen molar-refractivity contribution in [3.05, 3.63) is 96.6 Å². The minimum atomic E-state index is -3.80. The summed E-state index contributed by atoms with van der Waals surface area (Å²) in [5, 5.41) is 5.28. The summed E-state index contributed by atoms with van der Waals surface area (Å²) in [6, 6.07) is 18.6. The molecule has 0 saturated heterocycles. The number of halogens is 2. The topological polar surface area (TPSA) is 145 Å². The number of benzene rings is 4. The maximum atomic E-state index is 13.1. The highest BCUT2D eigenvalue weighted by Gasteiger charge is 2.19. The van der Waals surface area contributed by atoms with Gasteiger partial charge in [-0.3, -0.25) is 9.59 Å². The first-order valence-corrected chi connectivity index (χ1v) is 17.0. The molecule has 0 atom stereocenters. The van der Waals surface area contributed by atoms with E-state index in [0.29, 0.717) is 34.0 Å². The van der Waals surface area contributed by atoms with Crippen molar-refractivity contribution in [2.24, 2.45) is 0 Å². The SMILES string of the molecule is COc1cc(-c2ccc(NC(=O)CCS(=O)(=O)c3ccc(F)cc3)c(OC)c2)ccc1NC(=O)CCS(=O)(=O)c1ccc(F)cc1. The summed E-state index contributed by atoms with van der Waals surface area (Å²) < 4.78 is 87.1. The van der Waals surface area contributed by atoms with Gasteiger partial charge < -0.3 is 20.1 Å². The zero-order chi connectivity index (χ0) is 33.5. The van der Waals surface area contributed by atoms with E-state index >= 15 is 0 Å². The van der Waals surface area contributed by atoms with Gasteiger partial charge in [0.15, 0.2) is 19.7 Å². The van der Waals surface area contributed by atoms with Crippen molar-refractivity contribution in [2.75, 3.05) is 36.4 Å². The van der Waals surface area contributed by atoms with Gasteiger partial charge in [0.05, 0.1) is 46.9 Å². The molecule has 4 aromatic rings. The minimum absolute atomic E-state index is 0.0838. The smallest absolute Gasteiger partial charge is 0.225 e. The molecular weight excluding hydrogens is 642 g/mol. The summed E-state index contributed by atoms with van der Waals surface area (Å²) in [5.41, 5.74) is 1.94. The second-order valence-electron chi connectivity index (χ2n) is 9.97. The molecule has 0 aliphatic rings. The average molecular weight is 673 g/mol. The summed E-state index contributed by atoms with van der Waals surface area (Å²) in [7, 11) is -4.79. The van der Waals surface area contributed by atoms with Crippen LogP contribution in [0.25, 0.3) is 11.1 Å². The minimum Gasteiger partial charge on any atom is -0.495 e. The molecule has 10 nitrogen and oxygen atoms in total. The lowest BCUT2D eigenvalue weighted by Crippen LogP contribution is -2.18. The highest BCUT2D eigenvalue weighted by atomic mass is 32.2. The number of hydrogen-bond acceptors (Lipinski definition) is 8. The molecule has 46 heavy (non-hydrogen) atoms. The molecule has 0 bridgehead atoms. The number of rotatable bonds is 13. The first-order chi connectivity index (χ1) is 21.8. The van der Waals surface area contributed by atoms with E-state index in [1.807, 2.05) is 0 Å². The Labute approximate surface area is 265 Å². The van der Waals surface area contributed by atoms with Gasteiger partial charge in [0.25, 0.3) is 0 Å². The second-order valence-corrected chi connectivity index (χ2v) is 14.2. The first kappa shape index (κ1) is 34.1. The van der Waals surface area contributed by atoms with E-state index in [0.717, 1.165) is 48.5 Å². The van der Waals surface area contributed by atoms with E-state index in [9.17, 15) is 35.2 Å². The number of carbonyl (C=O) groups is 2. The number of carbonyl (C=O) groups excluding carboxylic acids is 2. The van der Waals surface area contributed by atoms with Gasteiger partial charge in [0.2, 0.25) is 11.8 Å². The molecule has 0 aliphatic carbocycles. The third kappa shape index (κ3) is 8.67. The van der Waals surface area contributed by atoms with Crippen LogP contribution >= 0.6 is 0 Å². The van der Waals surface area contributed by atoms with Gasteiger partial charge in [-0.25, -0.2) is 25.6 Å². The fourth-order valence-corrected chi connectivity index (χ4v) is 6.83. The van der Waals surface area contributed by atoms with Crippen LogP contribution in [0.5, 0.6) is 11.5 Å². The molecule has 0 fully saturated rings. The highest BCUT2D eigenvalue weighted by molar-refractivity contribution is 7.91. The Hall–Kier alpha value is -4.82. The molecule has 14 heteroatoms. The summed E-state index contributed by atoms with van der Waals surface area (Å²) in [6.45, 7) is 0. The molecule has 0 radical (unpaired) electrons. The predicted molar refractivity (Wildman–Crippen MR) is 168 cm³/mol. The Morgan fingerprint density at radius 3 is 1.26 bits per heavy atom. The van der Waals surface area contributed by atoms with Crippen molar-refractivity contribution in [3.63, 3.8) is 0 Å². The van der Waals surface area contributed by atoms with Crippen molar-refractivity contribution < 1.29 is 44.7 Å². The molecule has 2 N–H and O–H groups in total. The molecule has 2 amide bonds. The van der Waals surface area contributed by atoms with Crippen LogP contribution in [-0.4, -0.2) is 54.4 Å². The molecule has 0 spiro atoms. The van der Waals surface area contributed by atoms with Crippen LogP contribution in [-0.2, 0) is 29.3 Å². The maximum Gasteiger partial charge on any atom is 0.225 e. The fraction of sp³-hybridized carbons (Fsp3) is 0.188. The van der Waals surface area contributed by atoms with Crippen LogP contribution in [0.4, 0.5) is 20.2 Å². The van der Waals surface area contributed by atoms with Gasteiger partial charge >= 0.3 is 0 Å². The van der Waals surface area contributed by atoms with E-state index in [4.69, 9.17) is 9.47 Å². The van der Waals surface area contributed by atoms with E-state index in [1.165, 1.54) is 14.2 Å². The Morgan fingerprint density at radius 1 is 0.587 bits per heavy atom. The molecule has 0 aliphatic heterocycles. The predicted octanol–water partition coefficient (Wildman–Crippen LogP) is 5.25. The third-order valence-electron chi connectivity index (χ3n) is 6.83. The van der Waals surface area contributed by atoms with Crippen LogP contribution in [0.1, 0.15) is 12.8 Å². The summed E-state index contributed by atoms with van der Waals surface area (Å²) >= 11 is 0. The van der Waals surface area contributed by atoms with Crippen LogP contribution < -0.4 is 20.1 Å².